The SMILES string of the molecule is Cc1c(C(=O)N2C[C@@H]3CCCN(C(=O)[C@@H]4OCCc5ccccc54)[C@@H]3C2)oc2ccccc12. The van der Waals surface area contributed by atoms with Crippen molar-refractivity contribution < 1.29 is 18.7 Å². The third-order valence-corrected chi connectivity index (χ3v) is 7.61. The number of nitrogens with zero attached hydrogens (tertiary/aromatic N) is 2. The fraction of sp³-hybridized carbons (Fsp3) is 0.407. The number of hydrogen-bond donors (Lipinski definition) is 0. The molecule has 2 saturated heterocycles. The van der Waals surface area contributed by atoms with Gasteiger partial charge in [0.1, 0.15) is 5.58 Å². The number of para-hydroxylation sites is 1. The van der Waals surface area contributed by atoms with Crippen molar-refractivity contribution >= 4 is 22.8 Å². The smallest absolute Gasteiger partial charge is 0.289 e. The van der Waals surface area contributed by atoms with E-state index in [9.17, 15) is 9.59 Å². The predicted octanol–water partition coefficient (Wildman–Crippen LogP) is 4.12. The summed E-state index contributed by atoms with van der Waals surface area (Å²) in [5.41, 5.74) is 3.80. The van der Waals surface area contributed by atoms with Gasteiger partial charge in [-0.1, -0.05) is 42.5 Å². The van der Waals surface area contributed by atoms with E-state index in [0.29, 0.717) is 32.0 Å². The van der Waals surface area contributed by atoms with Crippen molar-refractivity contribution in [3.63, 3.8) is 0 Å². The normalized spacial score (nSPS) is 24.6. The number of carbonyl (C=O) groups excluding carboxylic acids is 2. The third kappa shape index (κ3) is 3.35. The number of amides is 2. The first kappa shape index (κ1) is 20.5. The maximum atomic E-state index is 13.7. The summed E-state index contributed by atoms with van der Waals surface area (Å²) in [6.07, 6.45) is 2.27. The molecule has 0 bridgehead atoms. The van der Waals surface area contributed by atoms with Crippen LogP contribution < -0.4 is 0 Å². The van der Waals surface area contributed by atoms with Gasteiger partial charge in [-0.15, -0.1) is 0 Å². The maximum Gasteiger partial charge on any atom is 0.289 e. The molecule has 0 spiro atoms. The molecular formula is C27H28N2O4. The highest BCUT2D eigenvalue weighted by atomic mass is 16.5. The summed E-state index contributed by atoms with van der Waals surface area (Å²) in [4.78, 5) is 30.9. The van der Waals surface area contributed by atoms with Gasteiger partial charge in [0.15, 0.2) is 11.9 Å². The van der Waals surface area contributed by atoms with Crippen molar-refractivity contribution in [2.24, 2.45) is 5.92 Å². The molecule has 6 rings (SSSR count). The maximum absolute atomic E-state index is 13.7. The second-order valence-corrected chi connectivity index (χ2v) is 9.46. The Balaban J connectivity index is 1.24. The van der Waals surface area contributed by atoms with Crippen LogP contribution >= 0.6 is 0 Å². The van der Waals surface area contributed by atoms with Gasteiger partial charge in [0.2, 0.25) is 0 Å². The van der Waals surface area contributed by atoms with E-state index in [-0.39, 0.29) is 23.8 Å². The molecule has 0 unspecified atom stereocenters. The van der Waals surface area contributed by atoms with Gasteiger partial charge in [-0.25, -0.2) is 0 Å². The van der Waals surface area contributed by atoms with E-state index in [1.165, 1.54) is 5.56 Å². The molecule has 3 aliphatic rings. The lowest BCUT2D eigenvalue weighted by molar-refractivity contribution is -0.149. The van der Waals surface area contributed by atoms with Gasteiger partial charge < -0.3 is 19.0 Å². The number of aryl methyl sites for hydroxylation is 1. The zero-order valence-corrected chi connectivity index (χ0v) is 18.8. The number of furan rings is 1. The average molecular weight is 445 g/mol. The molecule has 4 heterocycles. The minimum Gasteiger partial charge on any atom is -0.451 e. The van der Waals surface area contributed by atoms with Crippen LogP contribution in [0.1, 0.15) is 46.2 Å². The molecule has 2 amide bonds. The molecule has 6 nitrogen and oxygen atoms in total. The Morgan fingerprint density at radius 1 is 1.03 bits per heavy atom. The Morgan fingerprint density at radius 2 is 1.85 bits per heavy atom. The van der Waals surface area contributed by atoms with Gasteiger partial charge in [-0.05, 0) is 49.3 Å². The lowest BCUT2D eigenvalue weighted by Gasteiger charge is -2.39. The van der Waals surface area contributed by atoms with E-state index in [2.05, 4.69) is 6.07 Å². The van der Waals surface area contributed by atoms with Crippen molar-refractivity contribution in [2.45, 2.75) is 38.3 Å². The van der Waals surface area contributed by atoms with Crippen LogP contribution in [0.15, 0.2) is 52.9 Å². The number of piperidine rings is 1. The lowest BCUT2D eigenvalue weighted by Crippen LogP contribution is -2.51. The number of carbonyl (C=O) groups is 2. The lowest BCUT2D eigenvalue weighted by atomic mass is 9.90. The van der Waals surface area contributed by atoms with Crippen LogP contribution in [0.25, 0.3) is 11.0 Å². The fourth-order valence-corrected chi connectivity index (χ4v) is 5.89. The van der Waals surface area contributed by atoms with Crippen molar-refractivity contribution in [1.82, 2.24) is 9.80 Å². The average Bonchev–Trinajstić information content (AvgIpc) is 3.44. The Bertz CT molecular complexity index is 1230. The first-order chi connectivity index (χ1) is 16.1. The first-order valence-corrected chi connectivity index (χ1v) is 11.9. The minimum absolute atomic E-state index is 0.0255. The molecule has 2 fully saturated rings. The molecule has 6 heteroatoms. The Kier molecular flexibility index (Phi) is 4.98. The van der Waals surface area contributed by atoms with Crippen molar-refractivity contribution in [3.8, 4) is 0 Å². The Morgan fingerprint density at radius 3 is 2.73 bits per heavy atom. The Hall–Kier alpha value is -3.12. The van der Waals surface area contributed by atoms with E-state index in [1.54, 1.807) is 0 Å². The van der Waals surface area contributed by atoms with Gasteiger partial charge in [-0.2, -0.15) is 0 Å². The highest BCUT2D eigenvalue weighted by Crippen LogP contribution is 2.36. The molecule has 1 aromatic heterocycles. The summed E-state index contributed by atoms with van der Waals surface area (Å²) in [6, 6.07) is 15.9. The van der Waals surface area contributed by atoms with Crippen LogP contribution in [0.5, 0.6) is 0 Å². The van der Waals surface area contributed by atoms with Crippen LogP contribution in [0.3, 0.4) is 0 Å². The summed E-state index contributed by atoms with van der Waals surface area (Å²) < 4.78 is 11.9. The van der Waals surface area contributed by atoms with E-state index in [0.717, 1.165) is 41.4 Å². The monoisotopic (exact) mass is 444 g/mol. The largest absolute Gasteiger partial charge is 0.451 e. The van der Waals surface area contributed by atoms with Gasteiger partial charge in [0.25, 0.3) is 11.8 Å². The Labute approximate surface area is 193 Å². The number of hydrogen-bond acceptors (Lipinski definition) is 4. The van der Waals surface area contributed by atoms with E-state index >= 15 is 0 Å². The zero-order valence-electron chi connectivity index (χ0n) is 18.8. The second kappa shape index (κ2) is 8.03. The summed E-state index contributed by atoms with van der Waals surface area (Å²) in [6.45, 7) is 4.42. The molecule has 3 aromatic rings. The first-order valence-electron chi connectivity index (χ1n) is 11.9. The van der Waals surface area contributed by atoms with Crippen LogP contribution in [-0.4, -0.2) is 53.9 Å². The quantitative estimate of drug-likeness (QED) is 0.597. The molecule has 33 heavy (non-hydrogen) atoms. The topological polar surface area (TPSA) is 63.0 Å². The molecule has 0 radical (unpaired) electrons. The predicted molar refractivity (Wildman–Crippen MR) is 124 cm³/mol. The fourth-order valence-electron chi connectivity index (χ4n) is 5.89. The molecular weight excluding hydrogens is 416 g/mol. The molecule has 3 atom stereocenters. The third-order valence-electron chi connectivity index (χ3n) is 7.61. The number of fused-ring (bicyclic) bond motifs is 3. The number of benzene rings is 2. The summed E-state index contributed by atoms with van der Waals surface area (Å²) in [7, 11) is 0. The standard InChI is InChI=1S/C27H28N2O4/c1-17-20-9-4-5-11-23(20)33-24(17)26(30)28-15-19-8-6-13-29(22(19)16-28)27(31)25-21-10-3-2-7-18(21)12-14-32-25/h2-5,7,9-11,19,22,25H,6,8,12-16H2,1H3/t19-,22+,25+/m0/s1. The van der Waals surface area contributed by atoms with Gasteiger partial charge in [0, 0.05) is 30.6 Å². The number of likely N-dealkylation sites (tertiary alicyclic amines) is 2. The van der Waals surface area contributed by atoms with Crippen LogP contribution in [0, 0.1) is 12.8 Å². The van der Waals surface area contributed by atoms with Crippen molar-refractivity contribution in [3.05, 3.63) is 71.0 Å². The molecule has 0 N–H and O–H groups in total. The van der Waals surface area contributed by atoms with E-state index < -0.39 is 6.10 Å². The van der Waals surface area contributed by atoms with Crippen molar-refractivity contribution in [1.29, 1.82) is 0 Å². The summed E-state index contributed by atoms with van der Waals surface area (Å²) in [5, 5.41) is 0.974. The number of ether oxygens (including phenoxy) is 1. The van der Waals surface area contributed by atoms with Crippen LogP contribution in [0.4, 0.5) is 0 Å². The summed E-state index contributed by atoms with van der Waals surface area (Å²) >= 11 is 0. The van der Waals surface area contributed by atoms with Gasteiger partial charge >= 0.3 is 0 Å². The van der Waals surface area contributed by atoms with Gasteiger partial charge in [-0.3, -0.25) is 9.59 Å². The highest BCUT2D eigenvalue weighted by Gasteiger charge is 2.45. The van der Waals surface area contributed by atoms with E-state index in [4.69, 9.17) is 9.15 Å². The minimum atomic E-state index is -0.545. The van der Waals surface area contributed by atoms with Crippen LogP contribution in [0.2, 0.25) is 0 Å². The van der Waals surface area contributed by atoms with Gasteiger partial charge in [0.05, 0.1) is 12.6 Å². The van der Waals surface area contributed by atoms with E-state index in [1.807, 2.05) is 59.2 Å². The molecule has 3 aliphatic heterocycles. The molecule has 0 aliphatic carbocycles. The molecule has 2 aromatic carbocycles. The molecule has 0 saturated carbocycles. The van der Waals surface area contributed by atoms with Crippen LogP contribution in [-0.2, 0) is 16.0 Å². The highest BCUT2D eigenvalue weighted by molar-refractivity contribution is 5.99. The molecule has 170 valence electrons. The second-order valence-electron chi connectivity index (χ2n) is 9.46. The number of rotatable bonds is 2. The zero-order chi connectivity index (χ0) is 22.5. The van der Waals surface area contributed by atoms with Crippen molar-refractivity contribution in [2.75, 3.05) is 26.2 Å². The summed E-state index contributed by atoms with van der Waals surface area (Å²) in [5.74, 6) is 0.656.